The van der Waals surface area contributed by atoms with Crippen LogP contribution in [-0.4, -0.2) is 5.11 Å². The average Bonchev–Trinajstić information content (AvgIpc) is 2.48. The minimum absolute atomic E-state index is 0.0854. The van der Waals surface area contributed by atoms with E-state index < -0.39 is 6.10 Å². The maximum Gasteiger partial charge on any atom is 0.0968 e. The summed E-state index contributed by atoms with van der Waals surface area (Å²) in [5.74, 6) is 6.39. The second-order valence-corrected chi connectivity index (χ2v) is 5.20. The van der Waals surface area contributed by atoms with Crippen molar-refractivity contribution >= 4 is 6.08 Å². The number of hydrogen-bond acceptors (Lipinski definition) is 1. The molecule has 2 aliphatic rings. The van der Waals surface area contributed by atoms with Gasteiger partial charge in [0.25, 0.3) is 0 Å². The van der Waals surface area contributed by atoms with Gasteiger partial charge in [0.05, 0.1) is 12.0 Å². The van der Waals surface area contributed by atoms with Crippen molar-refractivity contribution in [3.8, 4) is 11.8 Å². The van der Waals surface area contributed by atoms with Gasteiger partial charge in [-0.25, -0.2) is 0 Å². The Labute approximate surface area is 114 Å². The number of benzene rings is 1. The normalized spacial score (nSPS) is 25.0. The van der Waals surface area contributed by atoms with Gasteiger partial charge in [0, 0.05) is 0 Å². The SMILES string of the molecule is O[C@@H]1c2ccccc2C=C[C@@H]1C#CC1=CCCCC1. The highest BCUT2D eigenvalue weighted by Crippen LogP contribution is 2.31. The molecule has 0 heterocycles. The van der Waals surface area contributed by atoms with Crippen LogP contribution in [0.4, 0.5) is 0 Å². The topological polar surface area (TPSA) is 20.2 Å². The molecule has 0 aromatic heterocycles. The Balaban J connectivity index is 1.81. The van der Waals surface area contributed by atoms with Gasteiger partial charge in [-0.2, -0.15) is 0 Å². The molecule has 1 aromatic rings. The van der Waals surface area contributed by atoms with Gasteiger partial charge >= 0.3 is 0 Å². The number of allylic oxidation sites excluding steroid dienone is 2. The van der Waals surface area contributed by atoms with Gasteiger partial charge in [-0.05, 0) is 42.4 Å². The van der Waals surface area contributed by atoms with E-state index in [0.717, 1.165) is 24.0 Å². The summed E-state index contributed by atoms with van der Waals surface area (Å²) in [7, 11) is 0. The molecule has 0 amide bonds. The Morgan fingerprint density at radius 3 is 2.89 bits per heavy atom. The molecule has 3 rings (SSSR count). The van der Waals surface area contributed by atoms with Crippen molar-refractivity contribution in [1.82, 2.24) is 0 Å². The largest absolute Gasteiger partial charge is 0.387 e. The molecular weight excluding hydrogens is 232 g/mol. The maximum absolute atomic E-state index is 10.4. The number of hydrogen-bond donors (Lipinski definition) is 1. The second-order valence-electron chi connectivity index (χ2n) is 5.20. The van der Waals surface area contributed by atoms with Crippen molar-refractivity contribution in [1.29, 1.82) is 0 Å². The molecule has 1 aromatic carbocycles. The molecule has 1 N–H and O–H groups in total. The summed E-state index contributed by atoms with van der Waals surface area (Å²) in [6.45, 7) is 0. The zero-order chi connectivity index (χ0) is 13.1. The standard InChI is InChI=1S/C18H18O/c19-18-16(11-10-14-6-2-1-3-7-14)13-12-15-8-4-5-9-17(15)18/h4-6,8-9,12-13,16,18-19H,1-3,7H2/t16-,18-/m0/s1. The molecule has 1 nitrogen and oxygen atoms in total. The fourth-order valence-electron chi connectivity index (χ4n) is 2.69. The maximum atomic E-state index is 10.4. The Morgan fingerprint density at radius 1 is 1.16 bits per heavy atom. The predicted octanol–water partition coefficient (Wildman–Crippen LogP) is 3.87. The van der Waals surface area contributed by atoms with Crippen LogP contribution in [0.2, 0.25) is 0 Å². The fourth-order valence-corrected chi connectivity index (χ4v) is 2.69. The van der Waals surface area contributed by atoms with Crippen LogP contribution in [0.3, 0.4) is 0 Å². The Kier molecular flexibility index (Phi) is 3.53. The van der Waals surface area contributed by atoms with Gasteiger partial charge in [-0.1, -0.05) is 54.3 Å². The molecule has 19 heavy (non-hydrogen) atoms. The van der Waals surface area contributed by atoms with Gasteiger partial charge in [0.15, 0.2) is 0 Å². The molecular formula is C18H18O. The van der Waals surface area contributed by atoms with Gasteiger partial charge in [-0.3, -0.25) is 0 Å². The van der Waals surface area contributed by atoms with E-state index in [1.165, 1.54) is 18.4 Å². The summed E-state index contributed by atoms with van der Waals surface area (Å²) in [5.41, 5.74) is 3.33. The molecule has 0 unspecified atom stereocenters. The molecule has 1 heteroatoms. The molecule has 0 fully saturated rings. The first-order chi connectivity index (χ1) is 9.34. The van der Waals surface area contributed by atoms with Crippen LogP contribution in [-0.2, 0) is 0 Å². The van der Waals surface area contributed by atoms with Crippen LogP contribution in [0.25, 0.3) is 6.08 Å². The van der Waals surface area contributed by atoms with E-state index >= 15 is 0 Å². The average molecular weight is 250 g/mol. The predicted molar refractivity (Wildman–Crippen MR) is 78.3 cm³/mol. The van der Waals surface area contributed by atoms with E-state index in [9.17, 15) is 5.11 Å². The highest BCUT2D eigenvalue weighted by molar-refractivity contribution is 5.59. The van der Waals surface area contributed by atoms with Crippen LogP contribution < -0.4 is 0 Å². The summed E-state index contributed by atoms with van der Waals surface area (Å²) in [6.07, 6.45) is 10.6. The van der Waals surface area contributed by atoms with Crippen molar-refractivity contribution in [2.75, 3.05) is 0 Å². The Bertz CT molecular complexity index is 583. The van der Waals surface area contributed by atoms with Crippen LogP contribution in [0.1, 0.15) is 42.9 Å². The third kappa shape index (κ3) is 2.64. The highest BCUT2D eigenvalue weighted by atomic mass is 16.3. The van der Waals surface area contributed by atoms with E-state index in [0.29, 0.717) is 0 Å². The summed E-state index contributed by atoms with van der Waals surface area (Å²) in [4.78, 5) is 0. The first-order valence-corrected chi connectivity index (χ1v) is 7.00. The number of aliphatic hydroxyl groups excluding tert-OH is 1. The van der Waals surface area contributed by atoms with E-state index in [1.807, 2.05) is 30.3 Å². The van der Waals surface area contributed by atoms with Gasteiger partial charge in [0.1, 0.15) is 0 Å². The van der Waals surface area contributed by atoms with Crippen molar-refractivity contribution in [3.63, 3.8) is 0 Å². The first kappa shape index (κ1) is 12.3. The monoisotopic (exact) mass is 250 g/mol. The Hall–Kier alpha value is -1.78. The molecule has 96 valence electrons. The zero-order valence-electron chi connectivity index (χ0n) is 11.0. The third-order valence-corrected chi connectivity index (χ3v) is 3.83. The van der Waals surface area contributed by atoms with Crippen LogP contribution >= 0.6 is 0 Å². The minimum Gasteiger partial charge on any atom is -0.387 e. The lowest BCUT2D eigenvalue weighted by molar-refractivity contribution is 0.153. The fraction of sp³-hybridized carbons (Fsp3) is 0.333. The van der Waals surface area contributed by atoms with E-state index in [1.54, 1.807) is 0 Å². The molecule has 0 saturated heterocycles. The van der Waals surface area contributed by atoms with Gasteiger partial charge < -0.3 is 5.11 Å². The molecule has 0 bridgehead atoms. The lowest BCUT2D eigenvalue weighted by atomic mass is 9.87. The second kappa shape index (κ2) is 5.47. The Morgan fingerprint density at radius 2 is 2.05 bits per heavy atom. The van der Waals surface area contributed by atoms with Crippen LogP contribution in [0.15, 0.2) is 42.0 Å². The van der Waals surface area contributed by atoms with Crippen LogP contribution in [0, 0.1) is 17.8 Å². The summed E-state index contributed by atoms with van der Waals surface area (Å²) in [6, 6.07) is 7.98. The minimum atomic E-state index is -0.502. The molecule has 2 atom stereocenters. The third-order valence-electron chi connectivity index (χ3n) is 3.83. The zero-order valence-corrected chi connectivity index (χ0v) is 11.0. The lowest BCUT2D eigenvalue weighted by Crippen LogP contribution is -2.13. The molecule has 0 saturated carbocycles. The molecule has 2 aliphatic carbocycles. The molecule has 0 radical (unpaired) electrons. The molecule has 0 aliphatic heterocycles. The lowest BCUT2D eigenvalue weighted by Gasteiger charge is -2.21. The van der Waals surface area contributed by atoms with Crippen molar-refractivity contribution < 1.29 is 5.11 Å². The van der Waals surface area contributed by atoms with Crippen LogP contribution in [0.5, 0.6) is 0 Å². The summed E-state index contributed by atoms with van der Waals surface area (Å²) >= 11 is 0. The van der Waals surface area contributed by atoms with Crippen molar-refractivity contribution in [2.45, 2.75) is 31.8 Å². The van der Waals surface area contributed by atoms with Crippen molar-refractivity contribution in [3.05, 3.63) is 53.1 Å². The van der Waals surface area contributed by atoms with Crippen molar-refractivity contribution in [2.24, 2.45) is 5.92 Å². The molecule has 0 spiro atoms. The summed E-state index contributed by atoms with van der Waals surface area (Å²) in [5, 5.41) is 10.4. The first-order valence-electron chi connectivity index (χ1n) is 7.00. The summed E-state index contributed by atoms with van der Waals surface area (Å²) < 4.78 is 0. The number of rotatable bonds is 0. The van der Waals surface area contributed by atoms with E-state index in [2.05, 4.69) is 24.0 Å². The van der Waals surface area contributed by atoms with Gasteiger partial charge in [-0.15, -0.1) is 0 Å². The smallest absolute Gasteiger partial charge is 0.0968 e. The quantitative estimate of drug-likeness (QED) is 0.693. The van der Waals surface area contributed by atoms with Gasteiger partial charge in [0.2, 0.25) is 0 Å². The van der Waals surface area contributed by atoms with E-state index in [4.69, 9.17) is 0 Å². The van der Waals surface area contributed by atoms with E-state index in [-0.39, 0.29) is 5.92 Å². The number of aliphatic hydroxyl groups is 1. The highest BCUT2D eigenvalue weighted by Gasteiger charge is 2.22. The number of fused-ring (bicyclic) bond motifs is 1.